The molecule has 0 radical (unpaired) electrons. The molecule has 1 saturated heterocycles. The van der Waals surface area contributed by atoms with E-state index >= 15 is 0 Å². The number of aliphatic hydroxyl groups is 1. The third kappa shape index (κ3) is 6.76. The molecular formula is C27H34N4O3. The Morgan fingerprint density at radius 3 is 2.47 bits per heavy atom. The number of carbonyl (C=O) groups is 1. The fourth-order valence-corrected chi connectivity index (χ4v) is 4.46. The zero-order chi connectivity index (χ0) is 23.9. The smallest absolute Gasteiger partial charge is 0.220 e. The molecule has 1 fully saturated rings. The highest BCUT2D eigenvalue weighted by Crippen LogP contribution is 2.22. The summed E-state index contributed by atoms with van der Waals surface area (Å²) in [7, 11) is 0. The second kappa shape index (κ2) is 11.4. The minimum atomic E-state index is -0.581. The molecule has 180 valence electrons. The van der Waals surface area contributed by atoms with Gasteiger partial charge in [-0.1, -0.05) is 36.4 Å². The van der Waals surface area contributed by atoms with Gasteiger partial charge in [0.25, 0.3) is 0 Å². The molecule has 1 aliphatic rings. The number of hydrogen-bond acceptors (Lipinski definition) is 6. The van der Waals surface area contributed by atoms with E-state index in [0.29, 0.717) is 19.4 Å². The van der Waals surface area contributed by atoms with Crippen LogP contribution >= 0.6 is 0 Å². The molecule has 1 unspecified atom stereocenters. The molecule has 3 heterocycles. The third-order valence-electron chi connectivity index (χ3n) is 6.42. The van der Waals surface area contributed by atoms with Crippen LogP contribution in [-0.2, 0) is 17.8 Å². The highest BCUT2D eigenvalue weighted by Gasteiger charge is 2.24. The van der Waals surface area contributed by atoms with Crippen molar-refractivity contribution in [1.82, 2.24) is 14.8 Å². The fraction of sp³-hybridized carbons (Fsp3) is 0.407. The fourth-order valence-electron chi connectivity index (χ4n) is 4.46. The Morgan fingerprint density at radius 1 is 1.06 bits per heavy atom. The first-order chi connectivity index (χ1) is 16.5. The minimum absolute atomic E-state index is 0.355. The summed E-state index contributed by atoms with van der Waals surface area (Å²) in [4.78, 5) is 21.0. The normalized spacial score (nSPS) is 16.9. The summed E-state index contributed by atoms with van der Waals surface area (Å²) < 4.78 is 6.02. The van der Waals surface area contributed by atoms with Gasteiger partial charge in [-0.15, -0.1) is 0 Å². The topological polar surface area (TPSA) is 95.8 Å². The number of piperazine rings is 1. The number of furan rings is 1. The Bertz CT molecular complexity index is 1040. The molecule has 3 aromatic rings. The Morgan fingerprint density at radius 2 is 1.79 bits per heavy atom. The van der Waals surface area contributed by atoms with Gasteiger partial charge in [-0.25, -0.2) is 0 Å². The van der Waals surface area contributed by atoms with Gasteiger partial charge in [0.2, 0.25) is 5.91 Å². The van der Waals surface area contributed by atoms with Crippen molar-refractivity contribution in [3.05, 3.63) is 77.7 Å². The van der Waals surface area contributed by atoms with Crippen molar-refractivity contribution >= 4 is 5.91 Å². The summed E-state index contributed by atoms with van der Waals surface area (Å²) in [5, 5.41) is 10.6. The van der Waals surface area contributed by atoms with Crippen LogP contribution in [0, 0.1) is 12.8 Å². The Hall–Kier alpha value is -3.00. The number of amides is 1. The summed E-state index contributed by atoms with van der Waals surface area (Å²) >= 11 is 0. The molecule has 4 rings (SSSR count). The molecule has 3 N–H and O–H groups in total. The minimum Gasteiger partial charge on any atom is -0.458 e. The monoisotopic (exact) mass is 462 g/mol. The van der Waals surface area contributed by atoms with E-state index in [1.54, 1.807) is 0 Å². The molecule has 34 heavy (non-hydrogen) atoms. The van der Waals surface area contributed by atoms with Gasteiger partial charge in [-0.2, -0.15) is 0 Å². The van der Waals surface area contributed by atoms with Crippen LogP contribution in [-0.4, -0.2) is 64.6 Å². The molecule has 0 spiro atoms. The summed E-state index contributed by atoms with van der Waals surface area (Å²) in [5.41, 5.74) is 8.65. The molecule has 1 aromatic carbocycles. The maximum absolute atomic E-state index is 11.9. The molecule has 0 aliphatic carbocycles. The average Bonchev–Trinajstić information content (AvgIpc) is 3.29. The van der Waals surface area contributed by atoms with Crippen molar-refractivity contribution in [3.8, 4) is 11.5 Å². The lowest BCUT2D eigenvalue weighted by molar-refractivity contribution is -0.122. The van der Waals surface area contributed by atoms with Crippen LogP contribution in [0.25, 0.3) is 11.5 Å². The standard InChI is InChI=1S/C27H34N4O3/c1-20-7-9-25(29-17-20)26-10-8-24(34-26)19-31-13-11-30(12-14-31)18-23(32)16-22(27(28)33)15-21-5-3-2-4-6-21/h2-10,17,22-23,32H,11-16,18-19H2,1H3,(H2,28,33)/t22-,23?/m1/s1. The number of aliphatic hydroxyl groups excluding tert-OH is 1. The van der Waals surface area contributed by atoms with Crippen molar-refractivity contribution in [1.29, 1.82) is 0 Å². The number of primary amides is 1. The van der Waals surface area contributed by atoms with Crippen LogP contribution in [0.15, 0.2) is 65.2 Å². The predicted octanol–water partition coefficient (Wildman–Crippen LogP) is 2.86. The van der Waals surface area contributed by atoms with Gasteiger partial charge in [0.05, 0.1) is 12.6 Å². The summed E-state index contributed by atoms with van der Waals surface area (Å²) in [6.07, 6.45) is 2.21. The second-order valence-electron chi connectivity index (χ2n) is 9.24. The van der Waals surface area contributed by atoms with Gasteiger partial charge in [-0.05, 0) is 49.1 Å². The van der Waals surface area contributed by atoms with Gasteiger partial charge >= 0.3 is 0 Å². The van der Waals surface area contributed by atoms with E-state index in [4.69, 9.17) is 10.2 Å². The maximum Gasteiger partial charge on any atom is 0.220 e. The highest BCUT2D eigenvalue weighted by atomic mass is 16.3. The van der Waals surface area contributed by atoms with Crippen LogP contribution in [0.5, 0.6) is 0 Å². The van der Waals surface area contributed by atoms with E-state index in [-0.39, 0.29) is 11.8 Å². The maximum atomic E-state index is 11.9. The van der Waals surface area contributed by atoms with Crippen molar-refractivity contribution in [3.63, 3.8) is 0 Å². The van der Waals surface area contributed by atoms with Gasteiger partial charge in [0, 0.05) is 44.8 Å². The molecular weight excluding hydrogens is 428 g/mol. The molecule has 7 heteroatoms. The van der Waals surface area contributed by atoms with Gasteiger partial charge in [-0.3, -0.25) is 19.6 Å². The van der Waals surface area contributed by atoms with Gasteiger partial charge in [0.15, 0.2) is 5.76 Å². The number of aryl methyl sites for hydroxylation is 1. The lowest BCUT2D eigenvalue weighted by atomic mass is 9.93. The first-order valence-electron chi connectivity index (χ1n) is 11.9. The zero-order valence-electron chi connectivity index (χ0n) is 19.8. The number of rotatable bonds is 10. The molecule has 1 amide bonds. The second-order valence-corrected chi connectivity index (χ2v) is 9.24. The number of hydrogen-bond donors (Lipinski definition) is 2. The van der Waals surface area contributed by atoms with Crippen molar-refractivity contribution in [2.75, 3.05) is 32.7 Å². The van der Waals surface area contributed by atoms with E-state index in [0.717, 1.165) is 61.1 Å². The summed E-state index contributed by atoms with van der Waals surface area (Å²) in [6, 6.07) is 17.8. The molecule has 0 saturated carbocycles. The van der Waals surface area contributed by atoms with Crippen LogP contribution in [0.4, 0.5) is 0 Å². The highest BCUT2D eigenvalue weighted by molar-refractivity contribution is 5.77. The van der Waals surface area contributed by atoms with Crippen LogP contribution in [0.2, 0.25) is 0 Å². The number of aromatic nitrogens is 1. The summed E-state index contributed by atoms with van der Waals surface area (Å²) in [6.45, 7) is 6.85. The van der Waals surface area contributed by atoms with E-state index in [1.807, 2.05) is 67.7 Å². The lowest BCUT2D eigenvalue weighted by Gasteiger charge is -2.35. The van der Waals surface area contributed by atoms with Crippen LogP contribution in [0.3, 0.4) is 0 Å². The van der Waals surface area contributed by atoms with Gasteiger partial charge < -0.3 is 15.3 Å². The number of carbonyl (C=O) groups excluding carboxylic acids is 1. The number of benzene rings is 1. The molecule has 1 aliphatic heterocycles. The number of nitrogens with zero attached hydrogens (tertiary/aromatic N) is 3. The van der Waals surface area contributed by atoms with E-state index in [1.165, 1.54) is 0 Å². The van der Waals surface area contributed by atoms with E-state index in [9.17, 15) is 9.90 Å². The van der Waals surface area contributed by atoms with Crippen molar-refractivity contribution in [2.45, 2.75) is 32.4 Å². The molecule has 2 aromatic heterocycles. The van der Waals surface area contributed by atoms with Crippen molar-refractivity contribution in [2.24, 2.45) is 11.7 Å². The van der Waals surface area contributed by atoms with Crippen LogP contribution in [0.1, 0.15) is 23.3 Å². The van der Waals surface area contributed by atoms with Gasteiger partial charge in [0.1, 0.15) is 11.5 Å². The molecule has 0 bridgehead atoms. The van der Waals surface area contributed by atoms with E-state index < -0.39 is 6.10 Å². The SMILES string of the molecule is Cc1ccc(-c2ccc(CN3CCN(CC(O)C[C@@H](Cc4ccccc4)C(N)=O)CC3)o2)nc1. The average molecular weight is 463 g/mol. The number of nitrogens with two attached hydrogens (primary N) is 1. The Balaban J connectivity index is 1.22. The zero-order valence-corrected chi connectivity index (χ0v) is 19.8. The molecule has 2 atom stereocenters. The van der Waals surface area contributed by atoms with E-state index in [2.05, 4.69) is 14.8 Å². The first kappa shape index (κ1) is 24.1. The Kier molecular flexibility index (Phi) is 8.11. The Labute approximate surface area is 201 Å². The largest absolute Gasteiger partial charge is 0.458 e. The number of β-amino-alcohol motifs (C(OH)–C–C–N with tert-alkyl or cyclic N) is 1. The molecule has 7 nitrogen and oxygen atoms in total. The number of pyridine rings is 1. The van der Waals surface area contributed by atoms with Crippen LogP contribution < -0.4 is 5.73 Å². The first-order valence-corrected chi connectivity index (χ1v) is 11.9. The third-order valence-corrected chi connectivity index (χ3v) is 6.42. The summed E-state index contributed by atoms with van der Waals surface area (Å²) in [5.74, 6) is 0.994. The quantitative estimate of drug-likeness (QED) is 0.481. The predicted molar refractivity (Wildman–Crippen MR) is 132 cm³/mol. The van der Waals surface area contributed by atoms with Crippen molar-refractivity contribution < 1.29 is 14.3 Å². The lowest BCUT2D eigenvalue weighted by Crippen LogP contribution is -2.48.